The minimum atomic E-state index is -0.700. The molecule has 3 heterocycles. The smallest absolute Gasteiger partial charge is 0.160 e. The number of aromatic nitrogens is 3. The monoisotopic (exact) mass is 667 g/mol. The maximum atomic E-state index is 9.53. The van der Waals surface area contributed by atoms with Gasteiger partial charge in [-0.2, -0.15) is 0 Å². The van der Waals surface area contributed by atoms with Crippen LogP contribution in [0.15, 0.2) is 176 Å². The quantitative estimate of drug-likeness (QED) is 0.183. The SMILES string of the molecule is [2H]c1c([2H])c([2H])c(-n2c3c([2H])c([2H])c([2H])c([2H])c3c3c([2H])c([2H])c([2H])c(-c4cc(-c5cccc(-c6ccccc6)c5)nc(-c5ccc6c(c5)sc5ccccc56)n4)c32)c([2H])c1[2H]. The van der Waals surface area contributed by atoms with Crippen molar-refractivity contribution in [2.24, 2.45) is 0 Å². The molecule has 0 spiro atoms. The largest absolute Gasteiger partial charge is 0.309 e. The molecule has 0 radical (unpaired) electrons. The molecule has 10 aromatic rings. The fraction of sp³-hybridized carbons (Fsp3) is 0. The number of benzene rings is 7. The van der Waals surface area contributed by atoms with Crippen molar-refractivity contribution < 1.29 is 16.4 Å². The average molecular weight is 668 g/mol. The lowest BCUT2D eigenvalue weighted by molar-refractivity contribution is 1.16. The van der Waals surface area contributed by atoms with Crippen molar-refractivity contribution in [3.63, 3.8) is 0 Å². The first-order chi connectivity index (χ1) is 29.8. The molecule has 0 amide bonds. The minimum Gasteiger partial charge on any atom is -0.309 e. The van der Waals surface area contributed by atoms with Crippen LogP contribution in [0.3, 0.4) is 0 Å². The number of hydrogen-bond acceptors (Lipinski definition) is 3. The fourth-order valence-electron chi connectivity index (χ4n) is 6.54. The van der Waals surface area contributed by atoms with Gasteiger partial charge in [-0.1, -0.05) is 133 Å². The molecule has 0 unspecified atom stereocenters. The Morgan fingerprint density at radius 3 is 2.14 bits per heavy atom. The molecule has 0 fully saturated rings. The Morgan fingerprint density at radius 1 is 0.480 bits per heavy atom. The van der Waals surface area contributed by atoms with Gasteiger partial charge in [-0.3, -0.25) is 0 Å². The number of fused-ring (bicyclic) bond motifs is 6. The summed E-state index contributed by atoms with van der Waals surface area (Å²) >= 11 is 1.61. The van der Waals surface area contributed by atoms with Crippen LogP contribution in [0, 0.1) is 0 Å². The van der Waals surface area contributed by atoms with E-state index in [2.05, 4.69) is 12.1 Å². The van der Waals surface area contributed by atoms with Gasteiger partial charge in [0.2, 0.25) is 0 Å². The molecule has 10 rings (SSSR count). The molecule has 234 valence electrons. The number of nitrogens with zero attached hydrogens (tertiary/aromatic N) is 3. The first kappa shape index (κ1) is 19.0. The predicted octanol–water partition coefficient (Wildman–Crippen LogP) is 12.6. The fourth-order valence-corrected chi connectivity index (χ4v) is 7.69. The Hall–Kier alpha value is -6.36. The van der Waals surface area contributed by atoms with Gasteiger partial charge >= 0.3 is 0 Å². The zero-order valence-electron chi connectivity index (χ0n) is 38.1. The van der Waals surface area contributed by atoms with Crippen molar-refractivity contribution in [3.05, 3.63) is 176 Å². The van der Waals surface area contributed by atoms with Crippen LogP contribution in [-0.4, -0.2) is 14.5 Å². The maximum Gasteiger partial charge on any atom is 0.160 e. The van der Waals surface area contributed by atoms with Crippen LogP contribution >= 0.6 is 11.3 Å². The molecule has 0 N–H and O–H groups in total. The van der Waals surface area contributed by atoms with Gasteiger partial charge < -0.3 is 4.57 Å². The van der Waals surface area contributed by atoms with Crippen LogP contribution in [0.1, 0.15) is 16.4 Å². The van der Waals surface area contributed by atoms with Crippen LogP contribution in [-0.2, 0) is 0 Å². The molecule has 3 nitrogen and oxygen atoms in total. The first-order valence-electron chi connectivity index (χ1n) is 21.8. The Morgan fingerprint density at radius 2 is 1.22 bits per heavy atom. The van der Waals surface area contributed by atoms with E-state index in [4.69, 9.17) is 23.7 Å². The van der Waals surface area contributed by atoms with Crippen LogP contribution in [0.4, 0.5) is 0 Å². The summed E-state index contributed by atoms with van der Waals surface area (Å²) in [5, 5.41) is 1.76. The Kier molecular flexibility index (Phi) is 4.43. The molecule has 0 aliphatic carbocycles. The Labute approximate surface area is 310 Å². The molecular formula is C46H29N3S. The zero-order chi connectivity index (χ0) is 43.5. The highest BCUT2D eigenvalue weighted by Crippen LogP contribution is 2.40. The molecule has 0 bridgehead atoms. The van der Waals surface area contributed by atoms with E-state index in [1.807, 2.05) is 84.9 Å². The lowest BCUT2D eigenvalue weighted by atomic mass is 10.00. The van der Waals surface area contributed by atoms with E-state index in [0.29, 0.717) is 16.8 Å². The number of rotatable bonds is 5. The van der Waals surface area contributed by atoms with Gasteiger partial charge in [-0.15, -0.1) is 11.3 Å². The third kappa shape index (κ3) is 4.73. The van der Waals surface area contributed by atoms with Gasteiger partial charge in [-0.25, -0.2) is 9.97 Å². The highest BCUT2D eigenvalue weighted by Gasteiger charge is 2.19. The van der Waals surface area contributed by atoms with Crippen molar-refractivity contribution in [1.82, 2.24) is 14.5 Å². The topological polar surface area (TPSA) is 30.7 Å². The lowest BCUT2D eigenvalue weighted by Gasteiger charge is -2.14. The molecular weight excluding hydrogens is 627 g/mol. The second-order valence-corrected chi connectivity index (χ2v) is 12.8. The van der Waals surface area contributed by atoms with Crippen molar-refractivity contribution in [1.29, 1.82) is 0 Å². The first-order valence-corrected chi connectivity index (χ1v) is 16.7. The standard InChI is InChI=1S/C46H29N3S/c1-3-13-30(14-4-1)31-15-11-16-32(27-31)40-29-41(48-46(47-40)33-25-26-37-36-20-8-10-24-43(36)50-44(37)28-33)39-22-12-21-38-35-19-7-9-23-42(35)49(45(38)39)34-17-5-2-6-18-34/h1-29H/i2D,5D,6D,7D,9D,12D,17D,18D,19D,21D,22D,23D. The second-order valence-electron chi connectivity index (χ2n) is 11.7. The molecule has 50 heavy (non-hydrogen) atoms. The highest BCUT2D eigenvalue weighted by atomic mass is 32.1. The molecule has 0 atom stereocenters. The highest BCUT2D eigenvalue weighted by molar-refractivity contribution is 7.25. The molecule has 0 aliphatic rings. The zero-order valence-corrected chi connectivity index (χ0v) is 26.9. The molecule has 0 saturated heterocycles. The summed E-state index contributed by atoms with van der Waals surface area (Å²) in [5.41, 5.74) is 2.66. The van der Waals surface area contributed by atoms with E-state index in [1.54, 1.807) is 17.4 Å². The van der Waals surface area contributed by atoms with Gasteiger partial charge in [0.25, 0.3) is 0 Å². The summed E-state index contributed by atoms with van der Waals surface area (Å²) in [6.07, 6.45) is 0. The van der Waals surface area contributed by atoms with Crippen molar-refractivity contribution in [3.8, 4) is 50.7 Å². The van der Waals surface area contributed by atoms with Crippen molar-refractivity contribution >= 4 is 53.3 Å². The van der Waals surface area contributed by atoms with Gasteiger partial charge in [0.05, 0.1) is 38.9 Å². The van der Waals surface area contributed by atoms with E-state index in [0.717, 1.165) is 35.9 Å². The minimum absolute atomic E-state index is 0.0710. The van der Waals surface area contributed by atoms with E-state index in [-0.39, 0.29) is 38.9 Å². The Balaban J connectivity index is 1.37. The van der Waals surface area contributed by atoms with Gasteiger partial charge in [0.1, 0.15) is 0 Å². The Bertz CT molecular complexity index is 3540. The molecule has 3 aromatic heterocycles. The van der Waals surface area contributed by atoms with Crippen LogP contribution in [0.2, 0.25) is 0 Å². The average Bonchev–Trinajstić information content (AvgIpc) is 3.84. The van der Waals surface area contributed by atoms with Crippen molar-refractivity contribution in [2.75, 3.05) is 0 Å². The molecule has 0 aliphatic heterocycles. The molecule has 7 aromatic carbocycles. The third-order valence-corrected chi connectivity index (χ3v) is 9.94. The third-order valence-electron chi connectivity index (χ3n) is 8.81. The van der Waals surface area contributed by atoms with Crippen LogP contribution in [0.5, 0.6) is 0 Å². The van der Waals surface area contributed by atoms with E-state index in [9.17, 15) is 2.74 Å². The summed E-state index contributed by atoms with van der Waals surface area (Å²) in [5.74, 6) is 0.241. The second kappa shape index (κ2) is 11.7. The normalized spacial score (nSPS) is 15.0. The lowest BCUT2D eigenvalue weighted by Crippen LogP contribution is -1.99. The summed E-state index contributed by atoms with van der Waals surface area (Å²) in [7, 11) is 0. The predicted molar refractivity (Wildman–Crippen MR) is 211 cm³/mol. The summed E-state index contributed by atoms with van der Waals surface area (Å²) in [4.78, 5) is 10.1. The van der Waals surface area contributed by atoms with Gasteiger partial charge in [0, 0.05) is 53.3 Å². The van der Waals surface area contributed by atoms with Crippen molar-refractivity contribution in [2.45, 2.75) is 0 Å². The summed E-state index contributed by atoms with van der Waals surface area (Å²) in [6.45, 7) is 0. The number of thiophene rings is 1. The van der Waals surface area contributed by atoms with Crippen LogP contribution < -0.4 is 0 Å². The van der Waals surface area contributed by atoms with Gasteiger partial charge in [0.15, 0.2) is 5.82 Å². The van der Waals surface area contributed by atoms with E-state index < -0.39 is 78.2 Å². The summed E-state index contributed by atoms with van der Waals surface area (Å²) in [6, 6.07) is 25.6. The molecule has 4 heteroatoms. The number of para-hydroxylation sites is 3. The number of hydrogen-bond donors (Lipinski definition) is 0. The van der Waals surface area contributed by atoms with E-state index in [1.165, 1.54) is 0 Å². The maximum absolute atomic E-state index is 9.53. The van der Waals surface area contributed by atoms with E-state index >= 15 is 0 Å². The van der Waals surface area contributed by atoms with Gasteiger partial charge in [-0.05, 0) is 53.5 Å². The van der Waals surface area contributed by atoms with Crippen LogP contribution in [0.25, 0.3) is 92.7 Å². The molecule has 0 saturated carbocycles. The summed E-state index contributed by atoms with van der Waals surface area (Å²) < 4.78 is 110.